The minimum atomic E-state index is -0.590. The number of carbonyl (C=O) groups is 2. The molecule has 2 amide bonds. The molecule has 3 N–H and O–H groups in total. The molecule has 1 aliphatic heterocycles. The Hall–Kier alpha value is -3.88. The molecule has 0 spiro atoms. The van der Waals surface area contributed by atoms with Crippen molar-refractivity contribution in [1.29, 1.82) is 0 Å². The lowest BCUT2D eigenvalue weighted by molar-refractivity contribution is -0.119. The van der Waals surface area contributed by atoms with E-state index >= 15 is 0 Å². The molecular weight excluding hydrogens is 396 g/mol. The Morgan fingerprint density at radius 3 is 2.65 bits per heavy atom. The molecule has 160 valence electrons. The first-order valence-corrected chi connectivity index (χ1v) is 10.0. The molecule has 0 radical (unpaired) electrons. The van der Waals surface area contributed by atoms with Crippen molar-refractivity contribution in [2.24, 2.45) is 0 Å². The van der Waals surface area contributed by atoms with E-state index in [-0.39, 0.29) is 11.8 Å². The van der Waals surface area contributed by atoms with Gasteiger partial charge in [0.25, 0.3) is 5.91 Å². The van der Waals surface area contributed by atoms with E-state index in [1.54, 1.807) is 48.7 Å². The summed E-state index contributed by atoms with van der Waals surface area (Å²) in [5, 5.41) is 11.2. The highest BCUT2D eigenvalue weighted by Crippen LogP contribution is 2.27. The molecule has 0 aliphatic carbocycles. The van der Waals surface area contributed by atoms with Gasteiger partial charge in [0.05, 0.1) is 42.1 Å². The van der Waals surface area contributed by atoms with Gasteiger partial charge in [-0.15, -0.1) is 0 Å². The minimum absolute atomic E-state index is 0.226. The molecule has 1 aromatic heterocycles. The summed E-state index contributed by atoms with van der Waals surface area (Å²) in [7, 11) is 1.55. The molecule has 2 heterocycles. The van der Waals surface area contributed by atoms with Crippen LogP contribution in [0.4, 0.5) is 11.4 Å². The number of methoxy groups -OCH3 is 1. The van der Waals surface area contributed by atoms with Crippen molar-refractivity contribution >= 4 is 23.2 Å². The highest BCUT2D eigenvalue weighted by atomic mass is 16.5. The van der Waals surface area contributed by atoms with Crippen molar-refractivity contribution in [2.45, 2.75) is 25.8 Å². The van der Waals surface area contributed by atoms with E-state index in [1.165, 1.54) is 4.80 Å². The van der Waals surface area contributed by atoms with Crippen LogP contribution < -0.4 is 15.8 Å². The van der Waals surface area contributed by atoms with Crippen LogP contribution in [0, 0.1) is 6.92 Å². The van der Waals surface area contributed by atoms with Gasteiger partial charge in [0.15, 0.2) is 0 Å². The lowest BCUT2D eigenvalue weighted by Crippen LogP contribution is -2.43. The van der Waals surface area contributed by atoms with Gasteiger partial charge in [-0.05, 0) is 44.0 Å². The number of rotatable bonds is 5. The van der Waals surface area contributed by atoms with Crippen molar-refractivity contribution in [1.82, 2.24) is 19.9 Å². The number of aryl methyl sites for hydroxylation is 1. The highest BCUT2D eigenvalue weighted by Gasteiger charge is 2.36. The summed E-state index contributed by atoms with van der Waals surface area (Å²) >= 11 is 0. The second-order valence-electron chi connectivity index (χ2n) is 7.44. The summed E-state index contributed by atoms with van der Waals surface area (Å²) in [6.45, 7) is 2.41. The fourth-order valence-electron chi connectivity index (χ4n) is 3.77. The van der Waals surface area contributed by atoms with Gasteiger partial charge in [-0.2, -0.15) is 15.0 Å². The maximum absolute atomic E-state index is 13.5. The molecule has 1 atom stereocenters. The lowest BCUT2D eigenvalue weighted by atomic mass is 10.1. The van der Waals surface area contributed by atoms with Crippen molar-refractivity contribution in [3.8, 4) is 11.4 Å². The molecule has 31 heavy (non-hydrogen) atoms. The monoisotopic (exact) mass is 420 g/mol. The largest absolute Gasteiger partial charge is 0.497 e. The quantitative estimate of drug-likeness (QED) is 0.613. The maximum Gasteiger partial charge on any atom is 0.256 e. The molecule has 0 bridgehead atoms. The molecule has 1 aliphatic rings. The smallest absolute Gasteiger partial charge is 0.256 e. The Morgan fingerprint density at radius 2 is 1.94 bits per heavy atom. The molecule has 1 saturated heterocycles. The molecule has 9 nitrogen and oxygen atoms in total. The lowest BCUT2D eigenvalue weighted by Gasteiger charge is -2.25. The van der Waals surface area contributed by atoms with Crippen LogP contribution in [0.1, 0.15) is 28.8 Å². The summed E-state index contributed by atoms with van der Waals surface area (Å²) in [4.78, 5) is 29.5. The van der Waals surface area contributed by atoms with Gasteiger partial charge < -0.3 is 20.7 Å². The number of hydrogen-bond acceptors (Lipinski definition) is 6. The SMILES string of the molecule is COc1ccc(NC(=O)[C@@H]2CCCN2C(=O)c2cc(C)ccc2-n2nccn2)c(N)c1. The second-order valence-corrected chi connectivity index (χ2v) is 7.44. The molecule has 0 saturated carbocycles. The number of nitrogen functional groups attached to an aromatic ring is 1. The molecule has 3 aromatic rings. The third-order valence-electron chi connectivity index (χ3n) is 5.35. The minimum Gasteiger partial charge on any atom is -0.497 e. The summed E-state index contributed by atoms with van der Waals surface area (Å²) in [5.74, 6) is 0.109. The van der Waals surface area contributed by atoms with Crippen LogP contribution in [-0.4, -0.2) is 51.4 Å². The third-order valence-corrected chi connectivity index (χ3v) is 5.35. The summed E-state index contributed by atoms with van der Waals surface area (Å²) in [5.41, 5.74) is 8.88. The molecule has 2 aromatic carbocycles. The van der Waals surface area contributed by atoms with Crippen LogP contribution in [-0.2, 0) is 4.79 Å². The standard InChI is InChI=1S/C22H24N6O3/c1-14-5-8-19(28-24-9-10-25-28)16(12-14)22(30)27-11-3-4-20(27)21(29)26-18-7-6-15(31-2)13-17(18)23/h5-10,12-13,20H,3-4,11,23H2,1-2H3,(H,26,29)/t20-/m0/s1. The predicted molar refractivity (Wildman–Crippen MR) is 116 cm³/mol. The van der Waals surface area contributed by atoms with E-state index in [9.17, 15) is 9.59 Å². The van der Waals surface area contributed by atoms with Gasteiger partial charge in [0, 0.05) is 12.6 Å². The molecule has 0 unspecified atom stereocenters. The average molecular weight is 420 g/mol. The van der Waals surface area contributed by atoms with Gasteiger partial charge in [-0.1, -0.05) is 11.6 Å². The number of nitrogens with zero attached hydrogens (tertiary/aromatic N) is 4. The van der Waals surface area contributed by atoms with Gasteiger partial charge in [-0.3, -0.25) is 9.59 Å². The normalized spacial score (nSPS) is 15.7. The van der Waals surface area contributed by atoms with Crippen LogP contribution in [0.25, 0.3) is 5.69 Å². The number of carbonyl (C=O) groups excluding carboxylic acids is 2. The van der Waals surface area contributed by atoms with Crippen LogP contribution >= 0.6 is 0 Å². The Morgan fingerprint density at radius 1 is 1.16 bits per heavy atom. The van der Waals surface area contributed by atoms with E-state index in [4.69, 9.17) is 10.5 Å². The van der Waals surface area contributed by atoms with Crippen LogP contribution in [0.15, 0.2) is 48.8 Å². The van der Waals surface area contributed by atoms with Gasteiger partial charge >= 0.3 is 0 Å². The van der Waals surface area contributed by atoms with Gasteiger partial charge in [0.1, 0.15) is 11.8 Å². The zero-order valence-corrected chi connectivity index (χ0v) is 17.4. The number of likely N-dealkylation sites (tertiary alicyclic amines) is 1. The van der Waals surface area contributed by atoms with Crippen molar-refractivity contribution in [3.05, 3.63) is 59.9 Å². The summed E-state index contributed by atoms with van der Waals surface area (Å²) in [6, 6.07) is 9.98. The Bertz CT molecular complexity index is 1110. The summed E-state index contributed by atoms with van der Waals surface area (Å²) < 4.78 is 5.15. The molecule has 1 fully saturated rings. The van der Waals surface area contributed by atoms with E-state index in [0.717, 1.165) is 12.0 Å². The molecule has 9 heteroatoms. The maximum atomic E-state index is 13.5. The van der Waals surface area contributed by atoms with E-state index < -0.39 is 6.04 Å². The zero-order valence-electron chi connectivity index (χ0n) is 17.4. The number of benzene rings is 2. The van der Waals surface area contributed by atoms with Crippen molar-refractivity contribution in [2.75, 3.05) is 24.7 Å². The number of aromatic nitrogens is 3. The number of hydrogen-bond donors (Lipinski definition) is 2. The first kappa shape index (κ1) is 20.4. The first-order valence-electron chi connectivity index (χ1n) is 10.0. The third kappa shape index (κ3) is 4.07. The zero-order chi connectivity index (χ0) is 22.0. The Labute approximate surface area is 179 Å². The fraction of sp³-hybridized carbons (Fsp3) is 0.273. The predicted octanol–water partition coefficient (Wildman–Crippen LogP) is 2.41. The van der Waals surface area contributed by atoms with Gasteiger partial charge in [-0.25, -0.2) is 0 Å². The number of nitrogens with two attached hydrogens (primary N) is 1. The molecule has 4 rings (SSSR count). The van der Waals surface area contributed by atoms with Crippen molar-refractivity contribution < 1.29 is 14.3 Å². The highest BCUT2D eigenvalue weighted by molar-refractivity contribution is 6.04. The number of ether oxygens (including phenoxy) is 1. The number of anilines is 2. The first-order chi connectivity index (χ1) is 15.0. The van der Waals surface area contributed by atoms with Crippen molar-refractivity contribution in [3.63, 3.8) is 0 Å². The Balaban J connectivity index is 1.58. The van der Waals surface area contributed by atoms with E-state index in [2.05, 4.69) is 15.5 Å². The van der Waals surface area contributed by atoms with Crippen LogP contribution in [0.5, 0.6) is 5.75 Å². The topological polar surface area (TPSA) is 115 Å². The second kappa shape index (κ2) is 8.47. The average Bonchev–Trinajstić information content (AvgIpc) is 3.47. The summed E-state index contributed by atoms with van der Waals surface area (Å²) in [6.07, 6.45) is 4.43. The number of amides is 2. The van der Waals surface area contributed by atoms with E-state index in [1.807, 2.05) is 19.1 Å². The number of nitrogens with one attached hydrogen (secondary N) is 1. The van der Waals surface area contributed by atoms with Gasteiger partial charge in [0.2, 0.25) is 5.91 Å². The van der Waals surface area contributed by atoms with Crippen LogP contribution in [0.2, 0.25) is 0 Å². The Kier molecular flexibility index (Phi) is 5.57. The fourth-order valence-corrected chi connectivity index (χ4v) is 3.77. The van der Waals surface area contributed by atoms with Crippen LogP contribution in [0.3, 0.4) is 0 Å². The van der Waals surface area contributed by atoms with E-state index in [0.29, 0.717) is 41.3 Å². The molecular formula is C22H24N6O3.